The Morgan fingerprint density at radius 1 is 0.787 bits per heavy atom. The third-order valence-corrected chi connectivity index (χ3v) is 7.05. The fourth-order valence-corrected chi connectivity index (χ4v) is 4.22. The average Bonchev–Trinajstić information content (AvgIpc) is 3.48. The predicted octanol–water partition coefficient (Wildman–Crippen LogP) is -2.24. The molecule has 0 radical (unpaired) electrons. The van der Waals surface area contributed by atoms with Gasteiger partial charge in [0.05, 0.1) is 18.5 Å². The number of aromatic amines is 1. The molecule has 1 rings (SSSR count). The van der Waals surface area contributed by atoms with Crippen LogP contribution in [0.2, 0.25) is 0 Å². The second-order valence-corrected chi connectivity index (χ2v) is 12.1. The topological polar surface area (TPSA) is 295 Å². The zero-order chi connectivity index (χ0) is 36.0. The molecule has 1 aromatic rings. The normalized spacial score (nSPS) is 15.7. The Morgan fingerprint density at radius 3 is 1.85 bits per heavy atom. The number of carboxylic acid groups (broad SMARTS) is 2. The second kappa shape index (κ2) is 19.2. The van der Waals surface area contributed by atoms with Crippen molar-refractivity contribution in [3.8, 4) is 0 Å². The maximum absolute atomic E-state index is 13.3. The van der Waals surface area contributed by atoms with Gasteiger partial charge in [-0.3, -0.25) is 28.8 Å². The molecule has 0 aromatic carbocycles. The van der Waals surface area contributed by atoms with Gasteiger partial charge in [0, 0.05) is 24.7 Å². The summed E-state index contributed by atoms with van der Waals surface area (Å²) in [6.45, 7) is 9.61. The summed E-state index contributed by atoms with van der Waals surface area (Å²) < 4.78 is 0. The van der Waals surface area contributed by atoms with E-state index in [1.165, 1.54) is 26.4 Å². The molecule has 0 fully saturated rings. The summed E-state index contributed by atoms with van der Waals surface area (Å²) in [5, 5.41) is 40.6. The number of aliphatic hydroxyl groups excluding tert-OH is 1. The van der Waals surface area contributed by atoms with Crippen LogP contribution in [-0.4, -0.2) is 109 Å². The Labute approximate surface area is 272 Å². The number of aliphatic carboxylic acids is 2. The van der Waals surface area contributed by atoms with Gasteiger partial charge in [0.25, 0.3) is 0 Å². The molecule has 1 heterocycles. The number of nitrogens with zero attached hydrogens (tertiary/aromatic N) is 1. The van der Waals surface area contributed by atoms with Gasteiger partial charge in [-0.2, -0.15) is 0 Å². The monoisotopic (exact) mass is 668 g/mol. The van der Waals surface area contributed by atoms with Gasteiger partial charge in [-0.1, -0.05) is 27.7 Å². The first-order chi connectivity index (χ1) is 21.8. The molecule has 0 unspecified atom stereocenters. The third kappa shape index (κ3) is 14.2. The molecule has 0 bridgehead atoms. The third-order valence-electron chi connectivity index (χ3n) is 7.05. The zero-order valence-corrected chi connectivity index (χ0v) is 27.4. The molecule has 11 N–H and O–H groups in total. The Hall–Kier alpha value is -4.58. The van der Waals surface area contributed by atoms with Crippen LogP contribution < -0.4 is 32.3 Å². The SMILES string of the molecule is CC(C)C[C@H](NC(=O)[C@@H](NC(=O)[C@@H](N)C(C)C)[C@@H](C)O)C(=O)N[C@@H](C)C(=O)N[C@@H](Cc1cnc[nH]1)C(=O)N[C@@H](CCC(=O)O)C(=O)O. The summed E-state index contributed by atoms with van der Waals surface area (Å²) in [7, 11) is 0. The number of hydrogen-bond acceptors (Lipinski definition) is 10. The molecule has 264 valence electrons. The van der Waals surface area contributed by atoms with E-state index in [0.717, 1.165) is 0 Å². The number of carboxylic acids is 2. The molecule has 0 spiro atoms. The Bertz CT molecular complexity index is 1240. The van der Waals surface area contributed by atoms with Crippen molar-refractivity contribution < 1.29 is 48.9 Å². The molecule has 18 nitrogen and oxygen atoms in total. The lowest BCUT2D eigenvalue weighted by molar-refractivity contribution is -0.143. The van der Waals surface area contributed by atoms with Crippen LogP contribution in [0.3, 0.4) is 0 Å². The highest BCUT2D eigenvalue weighted by atomic mass is 16.4. The lowest BCUT2D eigenvalue weighted by Gasteiger charge is -2.28. The van der Waals surface area contributed by atoms with E-state index in [2.05, 4.69) is 36.6 Å². The van der Waals surface area contributed by atoms with Crippen LogP contribution in [-0.2, 0) is 40.0 Å². The van der Waals surface area contributed by atoms with Gasteiger partial charge in [0.2, 0.25) is 29.5 Å². The number of nitrogens with two attached hydrogens (primary N) is 1. The van der Waals surface area contributed by atoms with E-state index < -0.39 is 96.7 Å². The number of hydrogen-bond donors (Lipinski definition) is 10. The van der Waals surface area contributed by atoms with E-state index in [0.29, 0.717) is 5.69 Å². The average molecular weight is 669 g/mol. The Morgan fingerprint density at radius 2 is 1.36 bits per heavy atom. The molecule has 1 aromatic heterocycles. The van der Waals surface area contributed by atoms with Crippen LogP contribution in [0.4, 0.5) is 0 Å². The molecule has 5 amide bonds. The smallest absolute Gasteiger partial charge is 0.326 e. The Kier molecular flexibility index (Phi) is 16.5. The molecule has 0 aliphatic rings. The van der Waals surface area contributed by atoms with Gasteiger partial charge < -0.3 is 52.6 Å². The standard InChI is InChI=1S/C29H48N8O10/c1-13(2)9-19(36-28(45)23(16(6)38)37-27(44)22(30)14(3)4)25(42)33-15(5)24(41)35-20(10-17-11-31-12-32-17)26(43)34-18(29(46)47)7-8-21(39)40/h11-16,18-20,22-23,38H,7-10,30H2,1-6H3,(H,31,32)(H,33,42)(H,34,43)(H,35,41)(H,36,45)(H,37,44)(H,39,40)(H,46,47)/t15-,16+,18-,19-,20-,22-,23-/m0/s1. The maximum atomic E-state index is 13.3. The number of H-pyrrole nitrogens is 1. The fourth-order valence-electron chi connectivity index (χ4n) is 4.22. The van der Waals surface area contributed by atoms with E-state index >= 15 is 0 Å². The summed E-state index contributed by atoms with van der Waals surface area (Å²) in [6.07, 6.45) is 0.418. The molecule has 0 aliphatic carbocycles. The molecular weight excluding hydrogens is 620 g/mol. The summed E-state index contributed by atoms with van der Waals surface area (Å²) in [6, 6.07) is -7.73. The molecule has 0 aliphatic heterocycles. The summed E-state index contributed by atoms with van der Waals surface area (Å²) >= 11 is 0. The van der Waals surface area contributed by atoms with E-state index in [1.807, 2.05) is 0 Å². The van der Waals surface area contributed by atoms with Crippen molar-refractivity contribution in [1.82, 2.24) is 36.6 Å². The summed E-state index contributed by atoms with van der Waals surface area (Å²) in [4.78, 5) is 94.2. The zero-order valence-electron chi connectivity index (χ0n) is 27.4. The van der Waals surface area contributed by atoms with E-state index in [9.17, 15) is 43.8 Å². The highest BCUT2D eigenvalue weighted by Gasteiger charge is 2.34. The van der Waals surface area contributed by atoms with Crippen molar-refractivity contribution in [2.75, 3.05) is 0 Å². The van der Waals surface area contributed by atoms with Crippen LogP contribution >= 0.6 is 0 Å². The van der Waals surface area contributed by atoms with Crippen LogP contribution in [0.5, 0.6) is 0 Å². The number of amides is 5. The van der Waals surface area contributed by atoms with Crippen LogP contribution in [0.1, 0.15) is 66.5 Å². The number of nitrogens with one attached hydrogen (secondary N) is 6. The Balaban J connectivity index is 3.07. The predicted molar refractivity (Wildman–Crippen MR) is 166 cm³/mol. The van der Waals surface area contributed by atoms with Gasteiger partial charge in [-0.25, -0.2) is 9.78 Å². The van der Waals surface area contributed by atoms with Gasteiger partial charge >= 0.3 is 11.9 Å². The van der Waals surface area contributed by atoms with Crippen molar-refractivity contribution in [3.63, 3.8) is 0 Å². The number of carbonyl (C=O) groups is 7. The molecule has 0 saturated carbocycles. The van der Waals surface area contributed by atoms with Gasteiger partial charge in [0.15, 0.2) is 0 Å². The van der Waals surface area contributed by atoms with Crippen molar-refractivity contribution in [3.05, 3.63) is 18.2 Å². The first-order valence-electron chi connectivity index (χ1n) is 15.2. The van der Waals surface area contributed by atoms with E-state index in [4.69, 9.17) is 10.8 Å². The molecular formula is C29H48N8O10. The minimum Gasteiger partial charge on any atom is -0.481 e. The minimum atomic E-state index is -1.55. The highest BCUT2D eigenvalue weighted by molar-refractivity contribution is 5.96. The van der Waals surface area contributed by atoms with Crippen molar-refractivity contribution in [2.24, 2.45) is 17.6 Å². The van der Waals surface area contributed by atoms with Gasteiger partial charge in [0.1, 0.15) is 30.2 Å². The van der Waals surface area contributed by atoms with Gasteiger partial charge in [-0.05, 0) is 38.5 Å². The van der Waals surface area contributed by atoms with Crippen LogP contribution in [0.25, 0.3) is 0 Å². The first kappa shape index (κ1) is 40.4. The largest absolute Gasteiger partial charge is 0.481 e. The maximum Gasteiger partial charge on any atom is 0.326 e. The molecule has 0 saturated heterocycles. The quantitative estimate of drug-likeness (QED) is 0.0705. The lowest BCUT2D eigenvalue weighted by atomic mass is 10.0. The summed E-state index contributed by atoms with van der Waals surface area (Å²) in [5.74, 6) is -7.12. The lowest BCUT2D eigenvalue weighted by Crippen LogP contribution is -2.61. The minimum absolute atomic E-state index is 0.116. The fraction of sp³-hybridized carbons (Fsp3) is 0.655. The van der Waals surface area contributed by atoms with Crippen LogP contribution in [0.15, 0.2) is 12.5 Å². The van der Waals surface area contributed by atoms with E-state index in [1.54, 1.807) is 27.7 Å². The van der Waals surface area contributed by atoms with Crippen LogP contribution in [0, 0.1) is 11.8 Å². The number of aromatic nitrogens is 2. The number of aliphatic hydroxyl groups is 1. The molecule has 47 heavy (non-hydrogen) atoms. The number of imidazole rings is 1. The number of rotatable bonds is 20. The van der Waals surface area contributed by atoms with Crippen molar-refractivity contribution >= 4 is 41.5 Å². The molecule has 7 atom stereocenters. The second-order valence-electron chi connectivity index (χ2n) is 12.1. The highest BCUT2D eigenvalue weighted by Crippen LogP contribution is 2.08. The van der Waals surface area contributed by atoms with E-state index in [-0.39, 0.29) is 24.7 Å². The number of carbonyl (C=O) groups excluding carboxylic acids is 5. The molecule has 18 heteroatoms. The summed E-state index contributed by atoms with van der Waals surface area (Å²) in [5.41, 5.74) is 6.26. The first-order valence-corrected chi connectivity index (χ1v) is 15.2. The van der Waals surface area contributed by atoms with Crippen molar-refractivity contribution in [2.45, 2.75) is 110 Å². The van der Waals surface area contributed by atoms with Crippen molar-refractivity contribution in [1.29, 1.82) is 0 Å². The van der Waals surface area contributed by atoms with Gasteiger partial charge in [-0.15, -0.1) is 0 Å².